The van der Waals surface area contributed by atoms with Gasteiger partial charge in [-0.3, -0.25) is 4.79 Å². The third-order valence-corrected chi connectivity index (χ3v) is 3.40. The van der Waals surface area contributed by atoms with E-state index in [9.17, 15) is 9.18 Å². The van der Waals surface area contributed by atoms with Gasteiger partial charge in [-0.05, 0) is 42.3 Å². The Bertz CT molecular complexity index is 656. The first-order valence-corrected chi connectivity index (χ1v) is 7.42. The van der Waals surface area contributed by atoms with E-state index < -0.39 is 6.04 Å². The van der Waals surface area contributed by atoms with E-state index in [0.29, 0.717) is 18.9 Å². The molecule has 0 saturated heterocycles. The fourth-order valence-corrected chi connectivity index (χ4v) is 2.18. The fourth-order valence-electron chi connectivity index (χ4n) is 2.18. The van der Waals surface area contributed by atoms with Crippen molar-refractivity contribution in [1.29, 1.82) is 0 Å². The van der Waals surface area contributed by atoms with E-state index in [-0.39, 0.29) is 11.7 Å². The Labute approximate surface area is 135 Å². The number of ether oxygens (including phenoxy) is 1. The van der Waals surface area contributed by atoms with Crippen molar-refractivity contribution >= 4 is 5.91 Å². The van der Waals surface area contributed by atoms with E-state index in [1.165, 1.54) is 12.1 Å². The lowest BCUT2D eigenvalue weighted by Gasteiger charge is -2.19. The number of nitrogens with two attached hydrogens (primary N) is 1. The second-order valence-corrected chi connectivity index (χ2v) is 5.55. The number of likely N-dealkylation sites (N-methyl/N-ethyl adjacent to an activating group) is 1. The standard InChI is InChI=1S/C18H21FN2O2/c1-13(20)18(22)21(2)11-14-6-8-17(9-7-14)23-12-15-4-3-5-16(19)10-15/h3-10,13H,11-12,20H2,1-2H3. The van der Waals surface area contributed by atoms with Crippen molar-refractivity contribution < 1.29 is 13.9 Å². The number of hydrogen-bond acceptors (Lipinski definition) is 3. The first-order chi connectivity index (χ1) is 11.0. The zero-order valence-electron chi connectivity index (χ0n) is 13.3. The minimum Gasteiger partial charge on any atom is -0.489 e. The van der Waals surface area contributed by atoms with Gasteiger partial charge < -0.3 is 15.4 Å². The molecule has 0 aliphatic heterocycles. The second kappa shape index (κ2) is 7.74. The molecular formula is C18H21FN2O2. The van der Waals surface area contributed by atoms with Crippen LogP contribution in [-0.2, 0) is 17.9 Å². The van der Waals surface area contributed by atoms with Gasteiger partial charge in [0.05, 0.1) is 6.04 Å². The Hall–Kier alpha value is -2.40. The Morgan fingerprint density at radius 1 is 1.22 bits per heavy atom. The van der Waals surface area contributed by atoms with Crippen molar-refractivity contribution in [2.24, 2.45) is 5.73 Å². The maximum absolute atomic E-state index is 13.1. The third-order valence-electron chi connectivity index (χ3n) is 3.40. The number of amides is 1. The molecule has 0 heterocycles. The molecule has 23 heavy (non-hydrogen) atoms. The Morgan fingerprint density at radius 3 is 2.52 bits per heavy atom. The molecule has 1 unspecified atom stereocenters. The normalized spacial score (nSPS) is 11.8. The van der Waals surface area contributed by atoms with Gasteiger partial charge in [-0.2, -0.15) is 0 Å². The van der Waals surface area contributed by atoms with Crippen LogP contribution in [0.2, 0.25) is 0 Å². The molecule has 0 aromatic heterocycles. The minimum absolute atomic E-state index is 0.101. The van der Waals surface area contributed by atoms with Crippen molar-refractivity contribution in [3.63, 3.8) is 0 Å². The lowest BCUT2D eigenvalue weighted by Crippen LogP contribution is -2.39. The van der Waals surface area contributed by atoms with Gasteiger partial charge in [-0.15, -0.1) is 0 Å². The van der Waals surface area contributed by atoms with Crippen LogP contribution >= 0.6 is 0 Å². The zero-order valence-corrected chi connectivity index (χ0v) is 13.3. The lowest BCUT2D eigenvalue weighted by atomic mass is 10.2. The molecule has 5 heteroatoms. The van der Waals surface area contributed by atoms with Crippen LogP contribution in [0, 0.1) is 5.82 Å². The second-order valence-electron chi connectivity index (χ2n) is 5.55. The number of nitrogens with zero attached hydrogens (tertiary/aromatic N) is 1. The fraction of sp³-hybridized carbons (Fsp3) is 0.278. The average Bonchev–Trinajstić information content (AvgIpc) is 2.53. The molecule has 2 N–H and O–H groups in total. The number of hydrogen-bond donors (Lipinski definition) is 1. The number of rotatable bonds is 6. The van der Waals surface area contributed by atoms with Gasteiger partial charge in [0.25, 0.3) is 0 Å². The van der Waals surface area contributed by atoms with Crippen LogP contribution in [0.5, 0.6) is 5.75 Å². The van der Waals surface area contributed by atoms with Gasteiger partial charge in [-0.1, -0.05) is 24.3 Å². The predicted octanol–water partition coefficient (Wildman–Crippen LogP) is 2.71. The number of benzene rings is 2. The van der Waals surface area contributed by atoms with Crippen molar-refractivity contribution in [2.45, 2.75) is 26.1 Å². The molecule has 2 aromatic rings. The average molecular weight is 316 g/mol. The Balaban J connectivity index is 1.90. The summed E-state index contributed by atoms with van der Waals surface area (Å²) in [6.45, 7) is 2.47. The summed E-state index contributed by atoms with van der Waals surface area (Å²) in [6, 6.07) is 13.3. The highest BCUT2D eigenvalue weighted by atomic mass is 19.1. The quantitative estimate of drug-likeness (QED) is 0.891. The molecule has 0 fully saturated rings. The van der Waals surface area contributed by atoms with Crippen molar-refractivity contribution in [3.8, 4) is 5.75 Å². The summed E-state index contributed by atoms with van der Waals surface area (Å²) in [7, 11) is 1.72. The highest BCUT2D eigenvalue weighted by molar-refractivity contribution is 5.80. The topological polar surface area (TPSA) is 55.6 Å². The molecule has 0 aliphatic rings. The molecule has 0 bridgehead atoms. The van der Waals surface area contributed by atoms with Crippen LogP contribution in [0.15, 0.2) is 48.5 Å². The van der Waals surface area contributed by atoms with Crippen LogP contribution in [0.1, 0.15) is 18.1 Å². The number of carbonyl (C=O) groups is 1. The van der Waals surface area contributed by atoms with Crippen molar-refractivity contribution in [3.05, 3.63) is 65.5 Å². The van der Waals surface area contributed by atoms with Crippen molar-refractivity contribution in [1.82, 2.24) is 4.90 Å². The first kappa shape index (κ1) is 17.0. The molecule has 4 nitrogen and oxygen atoms in total. The van der Waals surface area contributed by atoms with Crippen LogP contribution in [-0.4, -0.2) is 23.9 Å². The minimum atomic E-state index is -0.506. The summed E-state index contributed by atoms with van der Waals surface area (Å²) in [5.41, 5.74) is 7.34. The summed E-state index contributed by atoms with van der Waals surface area (Å²) in [6.07, 6.45) is 0. The third kappa shape index (κ3) is 5.07. The van der Waals surface area contributed by atoms with Crippen molar-refractivity contribution in [2.75, 3.05) is 7.05 Å². The van der Waals surface area contributed by atoms with Crippen LogP contribution in [0.25, 0.3) is 0 Å². The van der Waals surface area contributed by atoms with Gasteiger partial charge in [0.15, 0.2) is 0 Å². The molecule has 0 spiro atoms. The van der Waals surface area contributed by atoms with E-state index in [0.717, 1.165) is 11.1 Å². The molecule has 122 valence electrons. The highest BCUT2D eigenvalue weighted by Gasteiger charge is 2.13. The maximum atomic E-state index is 13.1. The predicted molar refractivity (Wildman–Crippen MR) is 87.3 cm³/mol. The van der Waals surface area contributed by atoms with E-state index in [1.807, 2.05) is 30.3 Å². The van der Waals surface area contributed by atoms with E-state index in [1.54, 1.807) is 24.9 Å². The summed E-state index contributed by atoms with van der Waals surface area (Å²) in [4.78, 5) is 13.3. The zero-order chi connectivity index (χ0) is 16.8. The SMILES string of the molecule is CC(N)C(=O)N(C)Cc1ccc(OCc2cccc(F)c2)cc1. The van der Waals surface area contributed by atoms with E-state index in [4.69, 9.17) is 10.5 Å². The van der Waals surface area contributed by atoms with Gasteiger partial charge in [-0.25, -0.2) is 4.39 Å². The van der Waals surface area contributed by atoms with Crippen LogP contribution in [0.3, 0.4) is 0 Å². The van der Waals surface area contributed by atoms with Crippen LogP contribution < -0.4 is 10.5 Å². The first-order valence-electron chi connectivity index (χ1n) is 7.42. The molecule has 2 rings (SSSR count). The lowest BCUT2D eigenvalue weighted by molar-refractivity contribution is -0.131. The summed E-state index contributed by atoms with van der Waals surface area (Å²) in [5, 5.41) is 0. The van der Waals surface area contributed by atoms with E-state index in [2.05, 4.69) is 0 Å². The largest absolute Gasteiger partial charge is 0.489 e. The molecule has 0 radical (unpaired) electrons. The van der Waals surface area contributed by atoms with Gasteiger partial charge >= 0.3 is 0 Å². The van der Waals surface area contributed by atoms with Crippen LogP contribution in [0.4, 0.5) is 4.39 Å². The highest BCUT2D eigenvalue weighted by Crippen LogP contribution is 2.15. The monoisotopic (exact) mass is 316 g/mol. The maximum Gasteiger partial charge on any atom is 0.239 e. The molecule has 1 atom stereocenters. The molecule has 2 aromatic carbocycles. The molecule has 0 saturated carbocycles. The molecular weight excluding hydrogens is 295 g/mol. The smallest absolute Gasteiger partial charge is 0.239 e. The number of halogens is 1. The van der Waals surface area contributed by atoms with E-state index >= 15 is 0 Å². The summed E-state index contributed by atoms with van der Waals surface area (Å²) in [5.74, 6) is 0.318. The Kier molecular flexibility index (Phi) is 5.71. The van der Waals surface area contributed by atoms with Gasteiger partial charge in [0, 0.05) is 13.6 Å². The summed E-state index contributed by atoms with van der Waals surface area (Å²) < 4.78 is 18.7. The molecule has 1 amide bonds. The Morgan fingerprint density at radius 2 is 1.91 bits per heavy atom. The number of carbonyl (C=O) groups excluding carboxylic acids is 1. The summed E-state index contributed by atoms with van der Waals surface area (Å²) >= 11 is 0. The van der Waals surface area contributed by atoms with Gasteiger partial charge in [0.1, 0.15) is 18.2 Å². The molecule has 0 aliphatic carbocycles. The van der Waals surface area contributed by atoms with Gasteiger partial charge in [0.2, 0.25) is 5.91 Å².